The van der Waals surface area contributed by atoms with Gasteiger partial charge in [-0.05, 0) is 56.3 Å². The Kier molecular flexibility index (Phi) is 5.61. The molecule has 0 aliphatic rings. The van der Waals surface area contributed by atoms with E-state index in [4.69, 9.17) is 15.2 Å². The Labute approximate surface area is 158 Å². The van der Waals surface area contributed by atoms with Gasteiger partial charge in [-0.1, -0.05) is 30.3 Å². The zero-order chi connectivity index (χ0) is 19.2. The van der Waals surface area contributed by atoms with Crippen molar-refractivity contribution in [3.05, 3.63) is 78.4 Å². The van der Waals surface area contributed by atoms with E-state index < -0.39 is 5.97 Å². The van der Waals surface area contributed by atoms with E-state index in [1.807, 2.05) is 54.6 Å². The maximum absolute atomic E-state index is 12.0. The number of anilines is 3. The molecule has 0 bridgehead atoms. The van der Waals surface area contributed by atoms with Crippen LogP contribution >= 0.6 is 0 Å². The van der Waals surface area contributed by atoms with Crippen LogP contribution in [0.5, 0.6) is 11.5 Å². The molecular weight excluding hydrogens is 340 g/mol. The molecule has 0 heterocycles. The molecular formula is C22H22N2O3. The summed E-state index contributed by atoms with van der Waals surface area (Å²) in [7, 11) is 0. The first-order chi connectivity index (χ1) is 13.0. The Balaban J connectivity index is 1.80. The SMILES string of the molecule is CC(C)OC(=O)c1ccc(Nc2ccccc2Oc2ccccc2)c(N)c1. The molecule has 0 aliphatic heterocycles. The highest BCUT2D eigenvalue weighted by molar-refractivity contribution is 5.92. The third-order valence-corrected chi connectivity index (χ3v) is 3.76. The van der Waals surface area contributed by atoms with Crippen LogP contribution in [-0.2, 0) is 4.74 Å². The molecule has 5 heteroatoms. The first-order valence-electron chi connectivity index (χ1n) is 8.72. The zero-order valence-electron chi connectivity index (χ0n) is 15.3. The number of carbonyl (C=O) groups is 1. The van der Waals surface area contributed by atoms with Crippen molar-refractivity contribution >= 4 is 23.0 Å². The van der Waals surface area contributed by atoms with Gasteiger partial charge in [-0.25, -0.2) is 4.79 Å². The minimum atomic E-state index is -0.393. The molecule has 3 aromatic rings. The number of hydrogen-bond acceptors (Lipinski definition) is 5. The predicted molar refractivity (Wildman–Crippen MR) is 108 cm³/mol. The lowest BCUT2D eigenvalue weighted by atomic mass is 10.1. The van der Waals surface area contributed by atoms with Gasteiger partial charge >= 0.3 is 5.97 Å². The molecule has 0 fully saturated rings. The van der Waals surface area contributed by atoms with Gasteiger partial charge in [0.25, 0.3) is 0 Å². The van der Waals surface area contributed by atoms with E-state index in [-0.39, 0.29) is 6.10 Å². The van der Waals surface area contributed by atoms with E-state index in [0.717, 1.165) is 11.4 Å². The minimum Gasteiger partial charge on any atom is -0.459 e. The average molecular weight is 362 g/mol. The van der Waals surface area contributed by atoms with Crippen molar-refractivity contribution < 1.29 is 14.3 Å². The molecule has 5 nitrogen and oxygen atoms in total. The maximum Gasteiger partial charge on any atom is 0.338 e. The summed E-state index contributed by atoms with van der Waals surface area (Å²) >= 11 is 0. The molecule has 0 aromatic heterocycles. The van der Waals surface area contributed by atoms with Gasteiger partial charge in [0.05, 0.1) is 28.7 Å². The number of nitrogens with one attached hydrogen (secondary N) is 1. The van der Waals surface area contributed by atoms with Crippen molar-refractivity contribution in [1.29, 1.82) is 0 Å². The van der Waals surface area contributed by atoms with Crippen LogP contribution in [0.25, 0.3) is 0 Å². The van der Waals surface area contributed by atoms with Gasteiger partial charge in [0, 0.05) is 0 Å². The molecule has 3 N–H and O–H groups in total. The molecule has 0 saturated heterocycles. The van der Waals surface area contributed by atoms with Crippen LogP contribution in [0.15, 0.2) is 72.8 Å². The van der Waals surface area contributed by atoms with Crippen LogP contribution in [0.1, 0.15) is 24.2 Å². The third-order valence-electron chi connectivity index (χ3n) is 3.76. The second kappa shape index (κ2) is 8.27. The Morgan fingerprint density at radius 1 is 0.926 bits per heavy atom. The van der Waals surface area contributed by atoms with E-state index in [0.29, 0.717) is 22.7 Å². The molecule has 27 heavy (non-hydrogen) atoms. The fraction of sp³-hybridized carbons (Fsp3) is 0.136. The number of benzene rings is 3. The molecule has 0 aliphatic carbocycles. The number of nitrogens with two attached hydrogens (primary N) is 1. The number of carbonyl (C=O) groups excluding carboxylic acids is 1. The van der Waals surface area contributed by atoms with Gasteiger partial charge in [0.15, 0.2) is 5.75 Å². The Bertz CT molecular complexity index is 924. The summed E-state index contributed by atoms with van der Waals surface area (Å²) in [6, 6.07) is 22.2. The van der Waals surface area contributed by atoms with Crippen molar-refractivity contribution in [2.24, 2.45) is 0 Å². The number of ether oxygens (including phenoxy) is 2. The summed E-state index contributed by atoms with van der Waals surface area (Å²) < 4.78 is 11.1. The number of nitrogen functional groups attached to an aromatic ring is 1. The number of esters is 1. The number of rotatable bonds is 6. The van der Waals surface area contributed by atoms with Gasteiger partial charge < -0.3 is 20.5 Å². The normalized spacial score (nSPS) is 10.5. The Morgan fingerprint density at radius 3 is 2.33 bits per heavy atom. The first-order valence-corrected chi connectivity index (χ1v) is 8.72. The fourth-order valence-electron chi connectivity index (χ4n) is 2.51. The molecule has 0 radical (unpaired) electrons. The molecule has 0 amide bonds. The van der Waals surface area contributed by atoms with Crippen molar-refractivity contribution in [2.45, 2.75) is 20.0 Å². The van der Waals surface area contributed by atoms with Crippen LogP contribution in [0.2, 0.25) is 0 Å². The predicted octanol–water partition coefficient (Wildman–Crippen LogP) is 5.37. The fourth-order valence-corrected chi connectivity index (χ4v) is 2.51. The second-order valence-electron chi connectivity index (χ2n) is 6.29. The van der Waals surface area contributed by atoms with Crippen molar-refractivity contribution in [3.8, 4) is 11.5 Å². The standard InChI is InChI=1S/C22H22N2O3/c1-15(2)26-22(25)16-12-13-19(18(23)14-16)24-20-10-6-7-11-21(20)27-17-8-4-3-5-9-17/h3-15,24H,23H2,1-2H3. The van der Waals surface area contributed by atoms with Crippen LogP contribution in [-0.4, -0.2) is 12.1 Å². The topological polar surface area (TPSA) is 73.6 Å². The van der Waals surface area contributed by atoms with E-state index in [1.165, 1.54) is 0 Å². The molecule has 3 aromatic carbocycles. The molecule has 0 unspecified atom stereocenters. The zero-order valence-corrected chi connectivity index (χ0v) is 15.3. The van der Waals surface area contributed by atoms with Crippen LogP contribution in [0.3, 0.4) is 0 Å². The largest absolute Gasteiger partial charge is 0.459 e. The highest BCUT2D eigenvalue weighted by Crippen LogP contribution is 2.33. The molecule has 0 spiro atoms. The van der Waals surface area contributed by atoms with E-state index in [2.05, 4.69) is 5.32 Å². The lowest BCUT2D eigenvalue weighted by molar-refractivity contribution is 0.0378. The first kappa shape index (κ1) is 18.3. The minimum absolute atomic E-state index is 0.182. The third kappa shape index (κ3) is 4.79. The molecule has 0 saturated carbocycles. The highest BCUT2D eigenvalue weighted by Gasteiger charge is 2.12. The molecule has 138 valence electrons. The van der Waals surface area contributed by atoms with Crippen LogP contribution in [0, 0.1) is 0 Å². The quantitative estimate of drug-likeness (QED) is 0.455. The van der Waals surface area contributed by atoms with Gasteiger partial charge in [0.2, 0.25) is 0 Å². The average Bonchev–Trinajstić information content (AvgIpc) is 2.65. The summed E-state index contributed by atoms with van der Waals surface area (Å²) in [5.41, 5.74) is 8.44. The van der Waals surface area contributed by atoms with Gasteiger partial charge in [-0.2, -0.15) is 0 Å². The number of para-hydroxylation sites is 3. The Hall–Kier alpha value is -3.47. The van der Waals surface area contributed by atoms with Crippen LogP contribution in [0.4, 0.5) is 17.1 Å². The molecule has 3 rings (SSSR count). The van der Waals surface area contributed by atoms with Gasteiger partial charge in [-0.3, -0.25) is 0 Å². The maximum atomic E-state index is 12.0. The van der Waals surface area contributed by atoms with Crippen LogP contribution < -0.4 is 15.8 Å². The second-order valence-corrected chi connectivity index (χ2v) is 6.29. The summed E-state index contributed by atoms with van der Waals surface area (Å²) in [4.78, 5) is 12.0. The lowest BCUT2D eigenvalue weighted by Gasteiger charge is -2.15. The molecule has 0 atom stereocenters. The van der Waals surface area contributed by atoms with E-state index >= 15 is 0 Å². The van der Waals surface area contributed by atoms with Gasteiger partial charge in [0.1, 0.15) is 5.75 Å². The van der Waals surface area contributed by atoms with E-state index in [9.17, 15) is 4.79 Å². The Morgan fingerprint density at radius 2 is 1.63 bits per heavy atom. The summed E-state index contributed by atoms with van der Waals surface area (Å²) in [5, 5.41) is 3.27. The van der Waals surface area contributed by atoms with E-state index in [1.54, 1.807) is 32.0 Å². The monoisotopic (exact) mass is 362 g/mol. The highest BCUT2D eigenvalue weighted by atomic mass is 16.5. The van der Waals surface area contributed by atoms with Crippen molar-refractivity contribution in [2.75, 3.05) is 11.1 Å². The lowest BCUT2D eigenvalue weighted by Crippen LogP contribution is -2.12. The smallest absolute Gasteiger partial charge is 0.338 e. The summed E-state index contributed by atoms with van der Waals surface area (Å²) in [5.74, 6) is 1.02. The summed E-state index contributed by atoms with van der Waals surface area (Å²) in [6.45, 7) is 3.61. The van der Waals surface area contributed by atoms with Gasteiger partial charge in [-0.15, -0.1) is 0 Å². The van der Waals surface area contributed by atoms with Crippen molar-refractivity contribution in [1.82, 2.24) is 0 Å². The summed E-state index contributed by atoms with van der Waals surface area (Å²) in [6.07, 6.45) is -0.182. The number of hydrogen-bond donors (Lipinski definition) is 2. The van der Waals surface area contributed by atoms with Crippen molar-refractivity contribution in [3.63, 3.8) is 0 Å².